The molecular formula is C8H11OP. The van der Waals surface area contributed by atoms with Crippen LogP contribution in [-0.2, 0) is 6.42 Å². The van der Waals surface area contributed by atoms with Crippen molar-refractivity contribution in [2.75, 3.05) is 6.16 Å². The van der Waals surface area contributed by atoms with E-state index in [0.717, 1.165) is 18.1 Å². The van der Waals surface area contributed by atoms with Gasteiger partial charge in [0.2, 0.25) is 0 Å². The van der Waals surface area contributed by atoms with Crippen LogP contribution in [0.4, 0.5) is 0 Å². The molecule has 54 valence electrons. The molecule has 0 aliphatic heterocycles. The van der Waals surface area contributed by atoms with Gasteiger partial charge in [-0.1, -0.05) is 18.2 Å². The fourth-order valence-electron chi connectivity index (χ4n) is 0.878. The first kappa shape index (κ1) is 7.56. The van der Waals surface area contributed by atoms with E-state index in [9.17, 15) is 5.11 Å². The Morgan fingerprint density at radius 1 is 1.30 bits per heavy atom. The van der Waals surface area contributed by atoms with Crippen LogP contribution in [0.5, 0.6) is 5.75 Å². The van der Waals surface area contributed by atoms with Gasteiger partial charge in [0, 0.05) is 0 Å². The highest BCUT2D eigenvalue weighted by atomic mass is 31.0. The summed E-state index contributed by atoms with van der Waals surface area (Å²) >= 11 is 0. The lowest BCUT2D eigenvalue weighted by Crippen LogP contribution is -1.84. The number of aryl methyl sites for hydroxylation is 1. The quantitative estimate of drug-likeness (QED) is 0.644. The summed E-state index contributed by atoms with van der Waals surface area (Å²) < 4.78 is 0. The monoisotopic (exact) mass is 154 g/mol. The highest BCUT2D eigenvalue weighted by molar-refractivity contribution is 7.16. The zero-order valence-corrected chi connectivity index (χ0v) is 6.90. The molecular weight excluding hydrogens is 143 g/mol. The van der Waals surface area contributed by atoms with Crippen LogP contribution in [0.2, 0.25) is 0 Å². The first-order chi connectivity index (χ1) is 4.84. The standard InChI is InChI=1S/C8H11OP/c9-8-4-2-1-3-7(8)5-6-10/h1-4,9H,5-6,10H2. The maximum atomic E-state index is 9.23. The number of phenolic OH excluding ortho intramolecular Hbond substituents is 1. The Morgan fingerprint density at radius 2 is 2.00 bits per heavy atom. The van der Waals surface area contributed by atoms with Crippen LogP contribution in [0.25, 0.3) is 0 Å². The van der Waals surface area contributed by atoms with Gasteiger partial charge in [-0.2, -0.15) is 0 Å². The van der Waals surface area contributed by atoms with Gasteiger partial charge in [0.05, 0.1) is 0 Å². The molecule has 0 spiro atoms. The topological polar surface area (TPSA) is 20.2 Å². The molecule has 0 aliphatic rings. The molecule has 10 heavy (non-hydrogen) atoms. The summed E-state index contributed by atoms with van der Waals surface area (Å²) in [5, 5.41) is 9.23. The van der Waals surface area contributed by atoms with Crippen LogP contribution in [0, 0.1) is 0 Å². The zero-order valence-electron chi connectivity index (χ0n) is 5.75. The molecule has 1 N–H and O–H groups in total. The van der Waals surface area contributed by atoms with E-state index in [1.807, 2.05) is 18.2 Å². The smallest absolute Gasteiger partial charge is 0.118 e. The van der Waals surface area contributed by atoms with Crippen molar-refractivity contribution in [3.8, 4) is 5.75 Å². The van der Waals surface area contributed by atoms with Crippen LogP contribution in [0.3, 0.4) is 0 Å². The fraction of sp³-hybridized carbons (Fsp3) is 0.250. The van der Waals surface area contributed by atoms with Crippen molar-refractivity contribution in [2.24, 2.45) is 0 Å². The minimum absolute atomic E-state index is 0.407. The number of para-hydroxylation sites is 1. The van der Waals surface area contributed by atoms with Gasteiger partial charge in [-0.05, 0) is 24.2 Å². The predicted molar refractivity (Wildman–Crippen MR) is 46.4 cm³/mol. The van der Waals surface area contributed by atoms with Crippen molar-refractivity contribution >= 4 is 9.24 Å². The molecule has 0 radical (unpaired) electrons. The van der Waals surface area contributed by atoms with E-state index in [4.69, 9.17) is 0 Å². The average Bonchev–Trinajstić information content (AvgIpc) is 1.94. The van der Waals surface area contributed by atoms with E-state index in [2.05, 4.69) is 9.24 Å². The van der Waals surface area contributed by atoms with Crippen LogP contribution in [-0.4, -0.2) is 11.3 Å². The van der Waals surface area contributed by atoms with Gasteiger partial charge in [-0.25, -0.2) is 0 Å². The predicted octanol–water partition coefficient (Wildman–Crippen LogP) is 1.81. The fourth-order valence-corrected chi connectivity index (χ4v) is 1.19. The Kier molecular flexibility index (Phi) is 2.70. The first-order valence-corrected chi connectivity index (χ1v) is 4.13. The van der Waals surface area contributed by atoms with E-state index in [-0.39, 0.29) is 0 Å². The number of hydrogen-bond donors (Lipinski definition) is 1. The molecule has 0 aliphatic carbocycles. The minimum Gasteiger partial charge on any atom is -0.508 e. The van der Waals surface area contributed by atoms with Gasteiger partial charge in [-0.3, -0.25) is 0 Å². The summed E-state index contributed by atoms with van der Waals surface area (Å²) in [6.07, 6.45) is 1.93. The number of benzene rings is 1. The van der Waals surface area contributed by atoms with Gasteiger partial charge < -0.3 is 5.11 Å². The summed E-state index contributed by atoms with van der Waals surface area (Å²) in [5.74, 6) is 0.407. The molecule has 0 saturated heterocycles. The van der Waals surface area contributed by atoms with E-state index in [0.29, 0.717) is 5.75 Å². The second-order valence-corrected chi connectivity index (χ2v) is 2.74. The Balaban J connectivity index is 2.81. The number of aromatic hydroxyl groups is 1. The van der Waals surface area contributed by atoms with Crippen LogP contribution >= 0.6 is 9.24 Å². The lowest BCUT2D eigenvalue weighted by molar-refractivity contribution is 0.469. The van der Waals surface area contributed by atoms with Gasteiger partial charge in [0.1, 0.15) is 5.75 Å². The van der Waals surface area contributed by atoms with E-state index >= 15 is 0 Å². The Hall–Kier alpha value is -0.550. The maximum absolute atomic E-state index is 9.23. The lowest BCUT2D eigenvalue weighted by Gasteiger charge is -1.99. The van der Waals surface area contributed by atoms with Gasteiger partial charge in [0.25, 0.3) is 0 Å². The summed E-state index contributed by atoms with van der Waals surface area (Å²) in [6, 6.07) is 7.44. The van der Waals surface area contributed by atoms with Crippen LogP contribution in [0.1, 0.15) is 5.56 Å². The number of phenols is 1. The van der Waals surface area contributed by atoms with Gasteiger partial charge >= 0.3 is 0 Å². The number of rotatable bonds is 2. The summed E-state index contributed by atoms with van der Waals surface area (Å²) in [6.45, 7) is 0. The summed E-state index contributed by atoms with van der Waals surface area (Å²) in [7, 11) is 2.64. The van der Waals surface area contributed by atoms with E-state index in [1.165, 1.54) is 0 Å². The van der Waals surface area contributed by atoms with Gasteiger partial charge in [0.15, 0.2) is 0 Å². The average molecular weight is 154 g/mol. The third-order valence-corrected chi connectivity index (χ3v) is 1.69. The molecule has 0 saturated carbocycles. The minimum atomic E-state index is 0.407. The lowest BCUT2D eigenvalue weighted by atomic mass is 10.1. The van der Waals surface area contributed by atoms with Crippen molar-refractivity contribution in [3.63, 3.8) is 0 Å². The highest BCUT2D eigenvalue weighted by Gasteiger charge is 1.95. The Morgan fingerprint density at radius 3 is 2.60 bits per heavy atom. The first-order valence-electron chi connectivity index (χ1n) is 3.31. The van der Waals surface area contributed by atoms with Crippen molar-refractivity contribution < 1.29 is 5.11 Å². The van der Waals surface area contributed by atoms with Crippen LogP contribution < -0.4 is 0 Å². The number of hydrogen-bond acceptors (Lipinski definition) is 1. The molecule has 1 aromatic rings. The van der Waals surface area contributed by atoms with Gasteiger partial charge in [-0.15, -0.1) is 9.24 Å². The van der Waals surface area contributed by atoms with E-state index in [1.54, 1.807) is 6.07 Å². The Labute approximate surface area is 63.3 Å². The third-order valence-electron chi connectivity index (χ3n) is 1.41. The van der Waals surface area contributed by atoms with Crippen molar-refractivity contribution in [1.29, 1.82) is 0 Å². The molecule has 1 nitrogen and oxygen atoms in total. The molecule has 1 atom stereocenters. The molecule has 0 bridgehead atoms. The second kappa shape index (κ2) is 3.58. The molecule has 1 aromatic carbocycles. The molecule has 0 aromatic heterocycles. The zero-order chi connectivity index (χ0) is 7.40. The SMILES string of the molecule is Oc1ccccc1CCP. The third kappa shape index (κ3) is 1.71. The molecule has 2 heteroatoms. The van der Waals surface area contributed by atoms with E-state index < -0.39 is 0 Å². The van der Waals surface area contributed by atoms with Crippen molar-refractivity contribution in [2.45, 2.75) is 6.42 Å². The molecule has 0 amide bonds. The molecule has 1 rings (SSSR count). The molecule has 1 unspecified atom stereocenters. The van der Waals surface area contributed by atoms with Crippen molar-refractivity contribution in [1.82, 2.24) is 0 Å². The summed E-state index contributed by atoms with van der Waals surface area (Å²) in [4.78, 5) is 0. The molecule has 0 heterocycles. The maximum Gasteiger partial charge on any atom is 0.118 e. The Bertz CT molecular complexity index is 210. The largest absolute Gasteiger partial charge is 0.508 e. The van der Waals surface area contributed by atoms with Crippen LogP contribution in [0.15, 0.2) is 24.3 Å². The molecule has 0 fully saturated rings. The van der Waals surface area contributed by atoms with Crippen molar-refractivity contribution in [3.05, 3.63) is 29.8 Å². The second-order valence-electron chi connectivity index (χ2n) is 2.17. The highest BCUT2D eigenvalue weighted by Crippen LogP contribution is 2.16. The summed E-state index contributed by atoms with van der Waals surface area (Å²) in [5.41, 5.74) is 1.03. The normalized spacial score (nSPS) is 9.70.